The fourth-order valence-corrected chi connectivity index (χ4v) is 1.95. The number of carbonyl (C=O) groups excluding carboxylic acids is 1. The molecule has 0 aliphatic rings. The molecule has 2 atom stereocenters. The highest BCUT2D eigenvalue weighted by Crippen LogP contribution is 2.17. The maximum Gasteiger partial charge on any atom is 0.223 e. The lowest BCUT2D eigenvalue weighted by atomic mass is 9.87. The molecule has 0 saturated heterocycles. The minimum atomic E-state index is -0.409. The number of nitrogens with one attached hydrogen (secondary N) is 1. The Morgan fingerprint density at radius 1 is 1.38 bits per heavy atom. The maximum absolute atomic E-state index is 13.1. The van der Waals surface area contributed by atoms with Gasteiger partial charge in [0.05, 0.1) is 5.54 Å². The number of nitrogens with two attached hydrogens (primary N) is 1. The molecule has 0 fully saturated rings. The molecule has 0 aliphatic heterocycles. The van der Waals surface area contributed by atoms with E-state index in [1.54, 1.807) is 6.07 Å². The van der Waals surface area contributed by atoms with Gasteiger partial charge in [-0.1, -0.05) is 32.9 Å². The van der Waals surface area contributed by atoms with Crippen LogP contribution in [0.25, 0.3) is 0 Å². The van der Waals surface area contributed by atoms with E-state index in [-0.39, 0.29) is 36.0 Å². The van der Waals surface area contributed by atoms with E-state index in [0.29, 0.717) is 13.0 Å². The monoisotopic (exact) mass is 316 g/mol. The summed E-state index contributed by atoms with van der Waals surface area (Å²) in [7, 11) is 0. The number of hydrogen-bond acceptors (Lipinski definition) is 2. The summed E-state index contributed by atoms with van der Waals surface area (Å²) in [5, 5.41) is 3.02. The molecule has 1 aromatic rings. The number of carbonyl (C=O) groups is 1. The number of benzene rings is 1. The Labute approximate surface area is 132 Å². The molecule has 0 aliphatic carbocycles. The lowest BCUT2D eigenvalue weighted by Gasteiger charge is -2.34. The fourth-order valence-electron chi connectivity index (χ4n) is 1.95. The molecule has 21 heavy (non-hydrogen) atoms. The van der Waals surface area contributed by atoms with Gasteiger partial charge in [-0.15, -0.1) is 12.4 Å². The van der Waals surface area contributed by atoms with Crippen LogP contribution >= 0.6 is 12.4 Å². The van der Waals surface area contributed by atoms with Gasteiger partial charge in [-0.3, -0.25) is 4.79 Å². The maximum atomic E-state index is 13.1. The zero-order chi connectivity index (χ0) is 15.3. The van der Waals surface area contributed by atoms with Crippen molar-refractivity contribution in [2.24, 2.45) is 17.6 Å². The molecule has 120 valence electrons. The Kier molecular flexibility index (Phi) is 7.90. The van der Waals surface area contributed by atoms with Crippen molar-refractivity contribution in [3.63, 3.8) is 0 Å². The molecule has 0 radical (unpaired) electrons. The third kappa shape index (κ3) is 5.64. The minimum absolute atomic E-state index is 0. The number of rotatable bonds is 6. The Balaban J connectivity index is 0.00000400. The van der Waals surface area contributed by atoms with Gasteiger partial charge in [0.1, 0.15) is 5.82 Å². The minimum Gasteiger partial charge on any atom is -0.349 e. The Morgan fingerprint density at radius 3 is 2.48 bits per heavy atom. The average Bonchev–Trinajstić information content (AvgIpc) is 2.38. The highest BCUT2D eigenvalue weighted by molar-refractivity contribution is 5.85. The van der Waals surface area contributed by atoms with Gasteiger partial charge in [-0.05, 0) is 37.0 Å². The van der Waals surface area contributed by atoms with E-state index in [9.17, 15) is 9.18 Å². The summed E-state index contributed by atoms with van der Waals surface area (Å²) in [5.74, 6) is -0.292. The number of amides is 1. The molecule has 0 bridgehead atoms. The van der Waals surface area contributed by atoms with Crippen molar-refractivity contribution in [1.82, 2.24) is 5.32 Å². The lowest BCUT2D eigenvalue weighted by molar-refractivity contribution is -0.126. The van der Waals surface area contributed by atoms with Crippen LogP contribution in [0.1, 0.15) is 33.3 Å². The Hall–Kier alpha value is -1.13. The summed E-state index contributed by atoms with van der Waals surface area (Å²) in [4.78, 5) is 12.3. The molecule has 5 heteroatoms. The zero-order valence-corrected chi connectivity index (χ0v) is 14.0. The molecule has 0 aromatic heterocycles. The van der Waals surface area contributed by atoms with Gasteiger partial charge >= 0.3 is 0 Å². The van der Waals surface area contributed by atoms with E-state index >= 15 is 0 Å². The van der Waals surface area contributed by atoms with Crippen molar-refractivity contribution in [1.29, 1.82) is 0 Å². The van der Waals surface area contributed by atoms with Crippen molar-refractivity contribution in [2.75, 3.05) is 6.54 Å². The first kappa shape index (κ1) is 19.9. The van der Waals surface area contributed by atoms with Crippen LogP contribution in [0.15, 0.2) is 24.3 Å². The van der Waals surface area contributed by atoms with Crippen molar-refractivity contribution in [3.8, 4) is 0 Å². The van der Waals surface area contributed by atoms with Crippen LogP contribution in [-0.4, -0.2) is 18.0 Å². The molecule has 3 nitrogen and oxygen atoms in total. The first-order chi connectivity index (χ1) is 9.28. The molecule has 0 heterocycles. The van der Waals surface area contributed by atoms with Gasteiger partial charge in [-0.25, -0.2) is 4.39 Å². The van der Waals surface area contributed by atoms with Crippen LogP contribution in [0.5, 0.6) is 0 Å². The first-order valence-electron chi connectivity index (χ1n) is 7.05. The van der Waals surface area contributed by atoms with Crippen LogP contribution in [-0.2, 0) is 11.2 Å². The molecule has 1 rings (SSSR count). The van der Waals surface area contributed by atoms with Gasteiger partial charge in [-0.2, -0.15) is 0 Å². The van der Waals surface area contributed by atoms with Crippen LogP contribution in [0.2, 0.25) is 0 Å². The number of halogens is 2. The second-order valence-corrected chi connectivity index (χ2v) is 6.00. The summed E-state index contributed by atoms with van der Waals surface area (Å²) >= 11 is 0. The van der Waals surface area contributed by atoms with Gasteiger partial charge < -0.3 is 11.1 Å². The zero-order valence-electron chi connectivity index (χ0n) is 13.2. The number of hydrogen-bond donors (Lipinski definition) is 2. The molecule has 3 N–H and O–H groups in total. The van der Waals surface area contributed by atoms with Crippen molar-refractivity contribution in [3.05, 3.63) is 35.6 Å². The summed E-state index contributed by atoms with van der Waals surface area (Å²) < 4.78 is 13.1. The second-order valence-electron chi connectivity index (χ2n) is 6.00. The third-order valence-electron chi connectivity index (χ3n) is 3.99. The van der Waals surface area contributed by atoms with Crippen molar-refractivity contribution in [2.45, 2.75) is 39.7 Å². The predicted molar refractivity (Wildman–Crippen MR) is 87.0 cm³/mol. The smallest absolute Gasteiger partial charge is 0.223 e. The van der Waals surface area contributed by atoms with Gasteiger partial charge in [0, 0.05) is 12.5 Å². The van der Waals surface area contributed by atoms with E-state index in [4.69, 9.17) is 5.73 Å². The fraction of sp³-hybridized carbons (Fsp3) is 0.562. The Morgan fingerprint density at radius 2 is 2.00 bits per heavy atom. The van der Waals surface area contributed by atoms with Crippen molar-refractivity contribution < 1.29 is 9.18 Å². The van der Waals surface area contributed by atoms with E-state index in [1.165, 1.54) is 12.1 Å². The average molecular weight is 317 g/mol. The highest BCUT2D eigenvalue weighted by atomic mass is 35.5. The molecular formula is C16H26ClFN2O. The van der Waals surface area contributed by atoms with Crippen LogP contribution < -0.4 is 11.1 Å². The SMILES string of the molecule is CC(Cc1cccc(F)c1)C(=O)NC(C)(CN)C(C)C.Cl. The molecule has 0 saturated carbocycles. The van der Waals surface area contributed by atoms with E-state index in [2.05, 4.69) is 5.32 Å². The van der Waals surface area contributed by atoms with Gasteiger partial charge in [0.2, 0.25) is 5.91 Å². The van der Waals surface area contributed by atoms with Gasteiger partial charge in [0.15, 0.2) is 0 Å². The largest absolute Gasteiger partial charge is 0.349 e. The van der Waals surface area contributed by atoms with Gasteiger partial charge in [0.25, 0.3) is 0 Å². The molecule has 0 spiro atoms. The summed E-state index contributed by atoms with van der Waals surface area (Å²) in [6.45, 7) is 8.25. The van der Waals surface area contributed by atoms with E-state index in [1.807, 2.05) is 33.8 Å². The molecule has 1 amide bonds. The summed E-state index contributed by atoms with van der Waals surface area (Å²) in [5.41, 5.74) is 6.18. The predicted octanol–water partition coefficient (Wildman–Crippen LogP) is 2.92. The Bertz CT molecular complexity index is 467. The second kappa shape index (κ2) is 8.35. The third-order valence-corrected chi connectivity index (χ3v) is 3.99. The summed E-state index contributed by atoms with van der Waals surface area (Å²) in [6, 6.07) is 6.36. The van der Waals surface area contributed by atoms with E-state index < -0.39 is 5.54 Å². The van der Waals surface area contributed by atoms with Crippen LogP contribution in [0.3, 0.4) is 0 Å². The van der Waals surface area contributed by atoms with Crippen LogP contribution in [0, 0.1) is 17.7 Å². The highest BCUT2D eigenvalue weighted by Gasteiger charge is 2.30. The van der Waals surface area contributed by atoms with Crippen LogP contribution in [0.4, 0.5) is 4.39 Å². The first-order valence-corrected chi connectivity index (χ1v) is 7.05. The summed E-state index contributed by atoms with van der Waals surface area (Å²) in [6.07, 6.45) is 0.516. The quantitative estimate of drug-likeness (QED) is 0.848. The normalized spacial score (nSPS) is 15.0. The molecule has 2 unspecified atom stereocenters. The molecular weight excluding hydrogens is 291 g/mol. The van der Waals surface area contributed by atoms with E-state index in [0.717, 1.165) is 5.56 Å². The standard InChI is InChI=1S/C16H25FN2O.ClH/c1-11(2)16(4,10-18)19-15(20)12(3)8-13-6-5-7-14(17)9-13;/h5-7,9,11-12H,8,10,18H2,1-4H3,(H,19,20);1H. The topological polar surface area (TPSA) is 55.1 Å². The lowest BCUT2D eigenvalue weighted by Crippen LogP contribution is -2.56. The molecule has 1 aromatic carbocycles. The van der Waals surface area contributed by atoms with Crippen molar-refractivity contribution >= 4 is 18.3 Å².